The highest BCUT2D eigenvalue weighted by Crippen LogP contribution is 2.34. The highest BCUT2D eigenvalue weighted by molar-refractivity contribution is 8.00. The number of methoxy groups -OCH3 is 1. The van der Waals surface area contributed by atoms with Crippen molar-refractivity contribution >= 4 is 47.1 Å². The van der Waals surface area contributed by atoms with Crippen LogP contribution < -0.4 is 5.32 Å². The first-order valence-electron chi connectivity index (χ1n) is 17.4. The van der Waals surface area contributed by atoms with Crippen molar-refractivity contribution < 1.29 is 14.3 Å². The number of rotatable bonds is 18. The van der Waals surface area contributed by atoms with Gasteiger partial charge in [0.1, 0.15) is 23.1 Å². The highest BCUT2D eigenvalue weighted by atomic mass is 32.2. The minimum atomic E-state index is -0.114. The van der Waals surface area contributed by atoms with Crippen LogP contribution >= 0.6 is 35.5 Å². The summed E-state index contributed by atoms with van der Waals surface area (Å²) in [6.07, 6.45) is 7.78. The van der Waals surface area contributed by atoms with Crippen LogP contribution in [0, 0.1) is 0 Å². The molecule has 0 aliphatic heterocycles. The summed E-state index contributed by atoms with van der Waals surface area (Å²) in [5.41, 5.74) is 4.65. The number of nitrogens with zero attached hydrogens (tertiary/aromatic N) is 3. The van der Waals surface area contributed by atoms with Gasteiger partial charge in [-0.3, -0.25) is 4.79 Å². The number of hydrogen-bond acceptors (Lipinski definition) is 9. The third kappa shape index (κ3) is 16.5. The summed E-state index contributed by atoms with van der Waals surface area (Å²) in [6.45, 7) is 13.3. The lowest BCUT2D eigenvalue weighted by Gasteiger charge is -2.24. The maximum atomic E-state index is 13.2. The van der Waals surface area contributed by atoms with Crippen LogP contribution in [-0.2, 0) is 21.6 Å². The molecule has 0 spiro atoms. The molecule has 11 heteroatoms. The number of ether oxygens (including phenoxy) is 2. The van der Waals surface area contributed by atoms with Gasteiger partial charge in [0.15, 0.2) is 0 Å². The van der Waals surface area contributed by atoms with Gasteiger partial charge < -0.3 is 29.0 Å². The lowest BCUT2D eigenvalue weighted by atomic mass is 10.1. The minimum Gasteiger partial charge on any atom is -0.491 e. The Labute approximate surface area is 314 Å². The molecular weight excluding hydrogens is 683 g/mol. The summed E-state index contributed by atoms with van der Waals surface area (Å²) in [6, 6.07) is 18.2. The molecule has 3 aromatic rings. The molecule has 8 nitrogen and oxygen atoms in total. The van der Waals surface area contributed by atoms with Crippen molar-refractivity contribution in [3.63, 3.8) is 0 Å². The fraction of sp³-hybridized carbons (Fsp3) is 0.487. The lowest BCUT2D eigenvalue weighted by molar-refractivity contribution is 0.0946. The molecule has 0 radical (unpaired) electrons. The van der Waals surface area contributed by atoms with Crippen molar-refractivity contribution in [3.05, 3.63) is 101 Å². The van der Waals surface area contributed by atoms with Crippen molar-refractivity contribution in [1.29, 1.82) is 0 Å². The fourth-order valence-corrected chi connectivity index (χ4v) is 6.90. The normalized spacial score (nSPS) is 12.3. The van der Waals surface area contributed by atoms with Gasteiger partial charge in [-0.25, -0.2) is 4.98 Å². The number of carbonyl (C=O) groups is 1. The van der Waals surface area contributed by atoms with E-state index < -0.39 is 0 Å². The molecule has 2 aromatic heterocycles. The number of benzene rings is 1. The highest BCUT2D eigenvalue weighted by Gasteiger charge is 2.24. The first kappa shape index (κ1) is 43.3. The molecule has 0 unspecified atom stereocenters. The number of allylic oxidation sites excluding steroid dienone is 2. The average molecular weight is 742 g/mol. The van der Waals surface area contributed by atoms with E-state index in [1.807, 2.05) is 91.2 Å². The van der Waals surface area contributed by atoms with Crippen molar-refractivity contribution in [2.45, 2.75) is 63.0 Å². The maximum absolute atomic E-state index is 13.2. The van der Waals surface area contributed by atoms with Crippen LogP contribution in [0.5, 0.6) is 0 Å². The summed E-state index contributed by atoms with van der Waals surface area (Å²) in [4.78, 5) is 23.3. The Morgan fingerprint density at radius 2 is 1.80 bits per heavy atom. The average Bonchev–Trinajstić information content (AvgIpc) is 3.47. The van der Waals surface area contributed by atoms with Crippen LogP contribution in [0.15, 0.2) is 83.7 Å². The zero-order chi connectivity index (χ0) is 36.8. The summed E-state index contributed by atoms with van der Waals surface area (Å²) in [5, 5.41) is 4.01. The van der Waals surface area contributed by atoms with E-state index in [1.165, 1.54) is 42.0 Å². The van der Waals surface area contributed by atoms with Crippen LogP contribution in [-0.4, -0.2) is 95.9 Å². The SMILES string of the molecule is CC.CCSCCCN(C)C.COCCOC1=CCc2cc(C(=O)NCC(C)(C)SCc3ccccc3)[nH]c2C(N(C)Sc2ccccn2)=C1. The van der Waals surface area contributed by atoms with Crippen molar-refractivity contribution in [1.82, 2.24) is 24.5 Å². The molecule has 0 saturated heterocycles. The number of carbonyl (C=O) groups excluding carboxylic acids is 1. The molecular formula is C39H59N5O3S3. The van der Waals surface area contributed by atoms with E-state index in [-0.39, 0.29) is 10.7 Å². The van der Waals surface area contributed by atoms with E-state index in [0.717, 1.165) is 33.5 Å². The van der Waals surface area contributed by atoms with Crippen molar-refractivity contribution in [2.24, 2.45) is 0 Å². The molecule has 2 N–H and O–H groups in total. The molecule has 2 heterocycles. The molecule has 0 bridgehead atoms. The van der Waals surface area contributed by atoms with Gasteiger partial charge in [-0.2, -0.15) is 11.8 Å². The summed E-state index contributed by atoms with van der Waals surface area (Å²) in [7, 11) is 7.89. The van der Waals surface area contributed by atoms with E-state index in [2.05, 4.69) is 79.3 Å². The van der Waals surface area contributed by atoms with Gasteiger partial charge in [-0.1, -0.05) is 57.2 Å². The number of hydrogen-bond donors (Lipinski definition) is 2. The number of thioether (sulfide) groups is 2. The fourth-order valence-electron chi connectivity index (χ4n) is 4.59. The van der Waals surface area contributed by atoms with Gasteiger partial charge >= 0.3 is 0 Å². The molecule has 0 fully saturated rings. The van der Waals surface area contributed by atoms with E-state index in [4.69, 9.17) is 9.47 Å². The first-order chi connectivity index (χ1) is 24.1. The van der Waals surface area contributed by atoms with Crippen LogP contribution in [0.1, 0.15) is 68.3 Å². The second kappa shape index (κ2) is 24.4. The topological polar surface area (TPSA) is 82.7 Å². The second-order valence-electron chi connectivity index (χ2n) is 12.1. The minimum absolute atomic E-state index is 0.114. The first-order valence-corrected chi connectivity index (χ1v) is 20.3. The monoisotopic (exact) mass is 741 g/mol. The third-order valence-corrected chi connectivity index (χ3v) is 10.5. The van der Waals surface area contributed by atoms with E-state index >= 15 is 0 Å². The van der Waals surface area contributed by atoms with Crippen LogP contribution in [0.25, 0.3) is 5.70 Å². The smallest absolute Gasteiger partial charge is 0.267 e. The van der Waals surface area contributed by atoms with Gasteiger partial charge in [0.25, 0.3) is 5.91 Å². The molecule has 1 aliphatic rings. The number of nitrogens with one attached hydrogen (secondary N) is 2. The van der Waals surface area contributed by atoms with Gasteiger partial charge in [-0.15, -0.1) is 11.8 Å². The third-order valence-electron chi connectivity index (χ3n) is 7.21. The number of aromatic amines is 1. The van der Waals surface area contributed by atoms with E-state index in [1.54, 1.807) is 13.3 Å². The van der Waals surface area contributed by atoms with Gasteiger partial charge in [0.2, 0.25) is 0 Å². The zero-order valence-corrected chi connectivity index (χ0v) is 34.0. The van der Waals surface area contributed by atoms with Crippen LogP contribution in [0.2, 0.25) is 0 Å². The Morgan fingerprint density at radius 3 is 2.46 bits per heavy atom. The number of fused-ring (bicyclic) bond motifs is 1. The van der Waals surface area contributed by atoms with Crippen molar-refractivity contribution in [3.8, 4) is 0 Å². The summed E-state index contributed by atoms with van der Waals surface area (Å²) < 4.78 is 13.0. The Hall–Kier alpha value is -2.83. The van der Waals surface area contributed by atoms with Crippen molar-refractivity contribution in [2.75, 3.05) is 66.1 Å². The Morgan fingerprint density at radius 1 is 1.06 bits per heavy atom. The second-order valence-corrected chi connectivity index (χ2v) is 16.3. The van der Waals surface area contributed by atoms with Gasteiger partial charge in [-0.05, 0) is 94.2 Å². The Kier molecular flexibility index (Phi) is 21.1. The van der Waals surface area contributed by atoms with Crippen LogP contribution in [0.4, 0.5) is 0 Å². The van der Waals surface area contributed by atoms with E-state index in [9.17, 15) is 4.79 Å². The summed E-state index contributed by atoms with van der Waals surface area (Å²) in [5.74, 6) is 4.12. The standard InChI is InChI=1S/C30H36N4O3S2.C7H17NS.C2H6/c1-30(2,38-20-22-10-6-5-7-11-22)21-32-29(35)25-18-23-13-14-24(37-17-16-36-4)19-26(28(23)33-25)34(3)39-27-12-8-9-15-31-27;1-4-9-7-5-6-8(2)3;1-2/h5-12,14-15,18-19,33H,13,16-17,20-21H2,1-4H3,(H,32,35);4-7H2,1-3H3;1-2H3. The lowest BCUT2D eigenvalue weighted by Crippen LogP contribution is -2.36. The molecule has 0 atom stereocenters. The molecule has 4 rings (SSSR count). The predicted molar refractivity (Wildman–Crippen MR) is 218 cm³/mol. The number of aromatic nitrogens is 2. The van der Waals surface area contributed by atoms with E-state index in [0.29, 0.717) is 31.9 Å². The molecule has 0 saturated carbocycles. The molecule has 50 heavy (non-hydrogen) atoms. The Balaban J connectivity index is 0.000000686. The zero-order valence-electron chi connectivity index (χ0n) is 31.6. The molecule has 1 amide bonds. The largest absolute Gasteiger partial charge is 0.491 e. The van der Waals surface area contributed by atoms with Gasteiger partial charge in [0, 0.05) is 55.4 Å². The number of H-pyrrole nitrogens is 1. The number of pyridine rings is 1. The quantitative estimate of drug-likeness (QED) is 0.0984. The molecule has 1 aliphatic carbocycles. The van der Waals surface area contributed by atoms with Crippen LogP contribution in [0.3, 0.4) is 0 Å². The summed E-state index contributed by atoms with van der Waals surface area (Å²) >= 11 is 5.37. The predicted octanol–water partition coefficient (Wildman–Crippen LogP) is 8.65. The molecule has 276 valence electrons. The molecule has 1 aromatic carbocycles. The Bertz CT molecular complexity index is 1430. The maximum Gasteiger partial charge on any atom is 0.267 e. The number of amides is 1. The van der Waals surface area contributed by atoms with Gasteiger partial charge in [0.05, 0.1) is 18.0 Å².